The van der Waals surface area contributed by atoms with E-state index in [1.165, 1.54) is 4.80 Å². The normalized spacial score (nSPS) is 10.9. The summed E-state index contributed by atoms with van der Waals surface area (Å²) in [6.07, 6.45) is 2.49. The summed E-state index contributed by atoms with van der Waals surface area (Å²) >= 11 is 0. The fourth-order valence-corrected chi connectivity index (χ4v) is 1.29. The summed E-state index contributed by atoms with van der Waals surface area (Å²) in [6.45, 7) is 1.41. The van der Waals surface area contributed by atoms with Crippen LogP contribution in [0.5, 0.6) is 0 Å². The highest BCUT2D eigenvalue weighted by molar-refractivity contribution is 4.83. The van der Waals surface area contributed by atoms with Crippen molar-refractivity contribution in [1.82, 2.24) is 40.3 Å². The molecule has 2 rings (SSSR count). The van der Waals surface area contributed by atoms with Gasteiger partial charge in [-0.1, -0.05) is 0 Å². The number of nitrogens with zero attached hydrogens (tertiary/aromatic N) is 7. The van der Waals surface area contributed by atoms with Gasteiger partial charge < -0.3 is 5.32 Å². The van der Waals surface area contributed by atoms with Crippen LogP contribution in [-0.4, -0.2) is 41.5 Å². The molecule has 16 heavy (non-hydrogen) atoms. The van der Waals surface area contributed by atoms with E-state index < -0.39 is 0 Å². The van der Waals surface area contributed by atoms with Crippen LogP contribution in [0.1, 0.15) is 11.6 Å². The maximum Gasteiger partial charge on any atom is 0.188 e. The smallest absolute Gasteiger partial charge is 0.188 e. The first-order valence-electron chi connectivity index (χ1n) is 5.02. The highest BCUT2D eigenvalue weighted by Gasteiger charge is 2.01. The van der Waals surface area contributed by atoms with Crippen molar-refractivity contribution in [3.8, 4) is 0 Å². The molecule has 0 radical (unpaired) electrons. The van der Waals surface area contributed by atoms with Crippen molar-refractivity contribution in [3.63, 3.8) is 0 Å². The minimum Gasteiger partial charge on any atom is -0.309 e. The van der Waals surface area contributed by atoms with Gasteiger partial charge in [-0.25, -0.2) is 4.98 Å². The lowest BCUT2D eigenvalue weighted by molar-refractivity contribution is 0.616. The Morgan fingerprint density at radius 1 is 1.25 bits per heavy atom. The lowest BCUT2D eigenvalue weighted by Gasteiger charge is -1.98. The Hall–Kier alpha value is -1.83. The average molecular weight is 222 g/mol. The molecule has 0 aliphatic heterocycles. The molecule has 0 aromatic carbocycles. The maximum atomic E-state index is 4.18. The van der Waals surface area contributed by atoms with E-state index in [9.17, 15) is 0 Å². The summed E-state index contributed by atoms with van der Waals surface area (Å²) in [7, 11) is 3.60. The minimum atomic E-state index is 0.612. The van der Waals surface area contributed by atoms with Crippen molar-refractivity contribution in [3.05, 3.63) is 18.0 Å². The van der Waals surface area contributed by atoms with E-state index in [1.54, 1.807) is 18.1 Å². The zero-order chi connectivity index (χ0) is 11.4. The Morgan fingerprint density at radius 3 is 2.75 bits per heavy atom. The molecule has 0 bridgehead atoms. The summed E-state index contributed by atoms with van der Waals surface area (Å²) in [5, 5.41) is 19.1. The van der Waals surface area contributed by atoms with Crippen molar-refractivity contribution >= 4 is 0 Å². The Morgan fingerprint density at radius 2 is 2.12 bits per heavy atom. The second-order valence-electron chi connectivity index (χ2n) is 3.46. The number of aromatic nitrogens is 7. The van der Waals surface area contributed by atoms with Crippen LogP contribution in [0, 0.1) is 0 Å². The molecule has 0 fully saturated rings. The molecule has 0 aliphatic carbocycles. The van der Waals surface area contributed by atoms with Crippen molar-refractivity contribution in [2.24, 2.45) is 14.1 Å². The zero-order valence-corrected chi connectivity index (χ0v) is 9.33. The van der Waals surface area contributed by atoms with Crippen molar-refractivity contribution in [1.29, 1.82) is 0 Å². The van der Waals surface area contributed by atoms with Gasteiger partial charge in [0.15, 0.2) is 11.6 Å². The third-order valence-corrected chi connectivity index (χ3v) is 2.01. The molecule has 0 saturated carbocycles. The maximum absolute atomic E-state index is 4.18. The van der Waals surface area contributed by atoms with Gasteiger partial charge in [0, 0.05) is 20.0 Å². The molecule has 8 heteroatoms. The van der Waals surface area contributed by atoms with Crippen LogP contribution in [0.25, 0.3) is 0 Å². The van der Waals surface area contributed by atoms with Crippen LogP contribution in [0.3, 0.4) is 0 Å². The molecule has 0 aliphatic rings. The van der Waals surface area contributed by atoms with Crippen molar-refractivity contribution in [2.75, 3.05) is 6.54 Å². The van der Waals surface area contributed by atoms with Crippen LogP contribution in [-0.2, 0) is 27.1 Å². The number of nitrogens with one attached hydrogen (secondary N) is 1. The van der Waals surface area contributed by atoms with Crippen molar-refractivity contribution in [2.45, 2.75) is 13.0 Å². The van der Waals surface area contributed by atoms with Gasteiger partial charge in [0.1, 0.15) is 6.33 Å². The Balaban J connectivity index is 1.69. The van der Waals surface area contributed by atoms with Gasteiger partial charge in [0.05, 0.1) is 13.6 Å². The number of tetrazole rings is 1. The van der Waals surface area contributed by atoms with Crippen LogP contribution in [0.2, 0.25) is 0 Å². The van der Waals surface area contributed by atoms with Crippen LogP contribution >= 0.6 is 0 Å². The van der Waals surface area contributed by atoms with Gasteiger partial charge >= 0.3 is 0 Å². The van der Waals surface area contributed by atoms with Gasteiger partial charge in [-0.3, -0.25) is 4.68 Å². The molecule has 0 spiro atoms. The predicted octanol–water partition coefficient (Wildman–Crippen LogP) is -1.33. The topological polar surface area (TPSA) is 86.3 Å². The molecule has 1 N–H and O–H groups in total. The number of aryl methyl sites for hydroxylation is 2. The standard InChI is InChI=1S/C8H14N8/c1-15-6-10-7(12-15)3-4-9-5-8-11-14-16(2)13-8/h6,9H,3-5H2,1-2H3. The molecule has 0 unspecified atom stereocenters. The molecule has 0 amide bonds. The molecule has 2 heterocycles. The van der Waals surface area contributed by atoms with E-state index in [4.69, 9.17) is 0 Å². The monoisotopic (exact) mass is 222 g/mol. The summed E-state index contributed by atoms with van der Waals surface area (Å²) in [5.41, 5.74) is 0. The number of rotatable bonds is 5. The fraction of sp³-hybridized carbons (Fsp3) is 0.625. The molecule has 0 atom stereocenters. The summed E-state index contributed by atoms with van der Waals surface area (Å²) in [4.78, 5) is 5.57. The second-order valence-corrected chi connectivity index (χ2v) is 3.46. The highest BCUT2D eigenvalue weighted by atomic mass is 15.6. The largest absolute Gasteiger partial charge is 0.309 e. The third-order valence-electron chi connectivity index (χ3n) is 2.01. The molecule has 2 aromatic heterocycles. The Bertz CT molecular complexity index is 402. The summed E-state index contributed by atoms with van der Waals surface area (Å²) in [5.74, 6) is 1.53. The number of hydrogen-bond acceptors (Lipinski definition) is 6. The molecule has 0 saturated heterocycles. The first-order chi connectivity index (χ1) is 7.74. The van der Waals surface area contributed by atoms with E-state index in [0.717, 1.165) is 18.8 Å². The van der Waals surface area contributed by atoms with Crippen LogP contribution < -0.4 is 5.32 Å². The van der Waals surface area contributed by atoms with Gasteiger partial charge in [0.2, 0.25) is 0 Å². The molecule has 8 nitrogen and oxygen atoms in total. The predicted molar refractivity (Wildman–Crippen MR) is 55.2 cm³/mol. The first kappa shape index (κ1) is 10.7. The van der Waals surface area contributed by atoms with Gasteiger partial charge in [0.25, 0.3) is 0 Å². The van der Waals surface area contributed by atoms with Crippen molar-refractivity contribution < 1.29 is 0 Å². The summed E-state index contributed by atoms with van der Waals surface area (Å²) in [6, 6.07) is 0. The molecule has 86 valence electrons. The van der Waals surface area contributed by atoms with E-state index >= 15 is 0 Å². The lowest BCUT2D eigenvalue weighted by atomic mass is 10.4. The van der Waals surface area contributed by atoms with Gasteiger partial charge in [-0.2, -0.15) is 9.90 Å². The Labute approximate surface area is 92.7 Å². The van der Waals surface area contributed by atoms with E-state index in [0.29, 0.717) is 12.4 Å². The SMILES string of the molecule is Cn1cnc(CCNCc2nnn(C)n2)n1. The second kappa shape index (κ2) is 4.79. The van der Waals surface area contributed by atoms with E-state index in [1.807, 2.05) is 7.05 Å². The highest BCUT2D eigenvalue weighted by Crippen LogP contribution is 1.89. The van der Waals surface area contributed by atoms with Gasteiger partial charge in [-0.15, -0.1) is 10.2 Å². The van der Waals surface area contributed by atoms with E-state index in [-0.39, 0.29) is 0 Å². The average Bonchev–Trinajstić information content (AvgIpc) is 2.83. The minimum absolute atomic E-state index is 0.612. The fourth-order valence-electron chi connectivity index (χ4n) is 1.29. The van der Waals surface area contributed by atoms with Crippen LogP contribution in [0.4, 0.5) is 0 Å². The quantitative estimate of drug-likeness (QED) is 0.631. The van der Waals surface area contributed by atoms with E-state index in [2.05, 4.69) is 30.8 Å². The molecular formula is C8H14N8. The number of hydrogen-bond donors (Lipinski definition) is 1. The molecule has 2 aromatic rings. The Kier molecular flexibility index (Phi) is 3.20. The lowest BCUT2D eigenvalue weighted by Crippen LogP contribution is -2.18. The molecular weight excluding hydrogens is 208 g/mol. The summed E-state index contributed by atoms with van der Waals surface area (Å²) < 4.78 is 1.69. The van der Waals surface area contributed by atoms with Crippen LogP contribution in [0.15, 0.2) is 6.33 Å². The zero-order valence-electron chi connectivity index (χ0n) is 9.33. The first-order valence-corrected chi connectivity index (χ1v) is 5.02. The third kappa shape index (κ3) is 2.83. The van der Waals surface area contributed by atoms with Gasteiger partial charge in [-0.05, 0) is 5.21 Å².